The lowest BCUT2D eigenvalue weighted by atomic mass is 10.2. The molecule has 4 heteroatoms. The smallest absolute Gasteiger partial charge is 0.127 e. The lowest BCUT2D eigenvalue weighted by Crippen LogP contribution is -2.11. The van der Waals surface area contributed by atoms with Crippen LogP contribution in [0.3, 0.4) is 0 Å². The largest absolute Gasteiger partial charge is 0.497 e. The van der Waals surface area contributed by atoms with Crippen molar-refractivity contribution in [2.75, 3.05) is 20.8 Å². The average Bonchev–Trinajstić information content (AvgIpc) is 2.30. The second-order valence-corrected chi connectivity index (χ2v) is 4.27. The van der Waals surface area contributed by atoms with Crippen LogP contribution in [-0.4, -0.2) is 24.7 Å². The van der Waals surface area contributed by atoms with E-state index in [9.17, 15) is 0 Å². The normalized spacial score (nSPS) is 10.2. The lowest BCUT2D eigenvalue weighted by molar-refractivity contribution is 0.386. The Morgan fingerprint density at radius 2 is 2.12 bits per heavy atom. The molecule has 0 N–H and O–H groups in total. The predicted octanol–water partition coefficient (Wildman–Crippen LogP) is 3.00. The number of halogens is 1. The van der Waals surface area contributed by atoms with Gasteiger partial charge in [0.05, 0.1) is 14.2 Å². The highest BCUT2D eigenvalue weighted by Gasteiger charge is 2.07. The molecule has 0 saturated carbocycles. The zero-order valence-electron chi connectivity index (χ0n) is 9.57. The van der Waals surface area contributed by atoms with Gasteiger partial charge >= 0.3 is 0 Å². The highest BCUT2D eigenvalue weighted by molar-refractivity contribution is 9.07. The van der Waals surface area contributed by atoms with Crippen LogP contribution in [0.15, 0.2) is 30.9 Å². The van der Waals surface area contributed by atoms with Crippen LogP contribution in [0.4, 0.5) is 0 Å². The minimum Gasteiger partial charge on any atom is -0.497 e. The quantitative estimate of drug-likeness (QED) is 0.592. The van der Waals surface area contributed by atoms with E-state index in [1.807, 2.05) is 28.2 Å². The summed E-state index contributed by atoms with van der Waals surface area (Å²) in [4.78, 5) is 0. The van der Waals surface area contributed by atoms with Crippen LogP contribution in [0.1, 0.15) is 5.56 Å². The molecule has 3 nitrogen and oxygen atoms in total. The number of methoxy groups -OCH3 is 2. The summed E-state index contributed by atoms with van der Waals surface area (Å²) in [5, 5.41) is 0. The Bertz CT molecular complexity index is 355. The maximum absolute atomic E-state index is 5.31. The first-order chi connectivity index (χ1) is 7.71. The molecule has 0 aliphatic heterocycles. The van der Waals surface area contributed by atoms with Crippen LogP contribution < -0.4 is 9.47 Å². The molecule has 0 amide bonds. The minimum absolute atomic E-state index is 0.749. The molecular weight excluding hydrogens is 270 g/mol. The van der Waals surface area contributed by atoms with Gasteiger partial charge in [-0.2, -0.15) is 0 Å². The molecule has 0 radical (unpaired) electrons. The SMILES string of the molecule is C=CCN(Br)Cc1ccc(OC)cc1OC. The van der Waals surface area contributed by atoms with E-state index in [4.69, 9.17) is 9.47 Å². The molecule has 0 aliphatic rings. The van der Waals surface area contributed by atoms with Crippen LogP contribution in [0, 0.1) is 0 Å². The molecule has 0 bridgehead atoms. The summed E-state index contributed by atoms with van der Waals surface area (Å²) >= 11 is 3.45. The second kappa shape index (κ2) is 6.55. The molecule has 0 heterocycles. The molecule has 0 fully saturated rings. The lowest BCUT2D eigenvalue weighted by Gasteiger charge is -2.15. The van der Waals surface area contributed by atoms with Gasteiger partial charge in [0.2, 0.25) is 0 Å². The van der Waals surface area contributed by atoms with Crippen molar-refractivity contribution in [1.82, 2.24) is 3.93 Å². The van der Waals surface area contributed by atoms with Gasteiger partial charge in [0.15, 0.2) is 0 Å². The number of nitrogens with zero attached hydrogens (tertiary/aromatic N) is 1. The summed E-state index contributed by atoms with van der Waals surface area (Å²) < 4.78 is 12.4. The van der Waals surface area contributed by atoms with Crippen LogP contribution in [-0.2, 0) is 6.54 Å². The molecule has 16 heavy (non-hydrogen) atoms. The van der Waals surface area contributed by atoms with Gasteiger partial charge in [-0.05, 0) is 6.07 Å². The van der Waals surface area contributed by atoms with Gasteiger partial charge in [-0.1, -0.05) is 12.1 Å². The van der Waals surface area contributed by atoms with E-state index in [2.05, 4.69) is 22.7 Å². The zero-order valence-corrected chi connectivity index (χ0v) is 11.2. The van der Waals surface area contributed by atoms with Gasteiger partial charge in [-0.15, -0.1) is 6.58 Å². The fourth-order valence-corrected chi connectivity index (χ4v) is 1.85. The van der Waals surface area contributed by atoms with Crippen molar-refractivity contribution in [3.05, 3.63) is 36.4 Å². The van der Waals surface area contributed by atoms with Gasteiger partial charge in [0.25, 0.3) is 0 Å². The molecule has 0 atom stereocenters. The predicted molar refractivity (Wildman–Crippen MR) is 69.1 cm³/mol. The maximum atomic E-state index is 5.31. The van der Waals surface area contributed by atoms with E-state index in [1.165, 1.54) is 0 Å². The van der Waals surface area contributed by atoms with Crippen molar-refractivity contribution in [2.45, 2.75) is 6.54 Å². The molecule has 0 aromatic heterocycles. The summed E-state index contributed by atoms with van der Waals surface area (Å²) in [7, 11) is 3.30. The summed E-state index contributed by atoms with van der Waals surface area (Å²) in [6.45, 7) is 5.21. The Hall–Kier alpha value is -1.00. The third kappa shape index (κ3) is 3.54. The molecule has 0 spiro atoms. The van der Waals surface area contributed by atoms with Gasteiger partial charge in [0, 0.05) is 40.9 Å². The number of ether oxygens (including phenoxy) is 2. The minimum atomic E-state index is 0.749. The molecule has 1 aromatic carbocycles. The number of rotatable bonds is 6. The van der Waals surface area contributed by atoms with Crippen molar-refractivity contribution in [3.8, 4) is 11.5 Å². The van der Waals surface area contributed by atoms with Gasteiger partial charge in [-0.25, -0.2) is 3.93 Å². The topological polar surface area (TPSA) is 21.7 Å². The fraction of sp³-hybridized carbons (Fsp3) is 0.333. The summed E-state index contributed by atoms with van der Waals surface area (Å²) in [5.74, 6) is 1.62. The highest BCUT2D eigenvalue weighted by Crippen LogP contribution is 2.26. The Balaban J connectivity index is 2.82. The van der Waals surface area contributed by atoms with Gasteiger partial charge in [-0.3, -0.25) is 0 Å². The van der Waals surface area contributed by atoms with Crippen molar-refractivity contribution in [3.63, 3.8) is 0 Å². The third-order valence-electron chi connectivity index (χ3n) is 2.16. The van der Waals surface area contributed by atoms with Crippen molar-refractivity contribution in [1.29, 1.82) is 0 Å². The fourth-order valence-electron chi connectivity index (χ4n) is 1.37. The molecule has 0 aliphatic carbocycles. The van der Waals surface area contributed by atoms with Crippen LogP contribution in [0.25, 0.3) is 0 Å². The Morgan fingerprint density at radius 3 is 2.69 bits per heavy atom. The molecule has 1 aromatic rings. The van der Waals surface area contributed by atoms with Crippen LogP contribution in [0.2, 0.25) is 0 Å². The summed E-state index contributed by atoms with van der Waals surface area (Å²) in [6, 6.07) is 5.80. The third-order valence-corrected chi connectivity index (χ3v) is 2.70. The van der Waals surface area contributed by atoms with Crippen LogP contribution >= 0.6 is 16.1 Å². The first kappa shape index (κ1) is 13.1. The summed E-state index contributed by atoms with van der Waals surface area (Å²) in [5.41, 5.74) is 1.10. The zero-order chi connectivity index (χ0) is 12.0. The van der Waals surface area contributed by atoms with Crippen molar-refractivity contribution in [2.24, 2.45) is 0 Å². The highest BCUT2D eigenvalue weighted by atomic mass is 79.9. The van der Waals surface area contributed by atoms with E-state index in [-0.39, 0.29) is 0 Å². The second-order valence-electron chi connectivity index (χ2n) is 3.27. The monoisotopic (exact) mass is 285 g/mol. The van der Waals surface area contributed by atoms with E-state index >= 15 is 0 Å². The van der Waals surface area contributed by atoms with E-state index < -0.39 is 0 Å². The van der Waals surface area contributed by atoms with E-state index in [0.29, 0.717) is 0 Å². The number of hydrogen-bond donors (Lipinski definition) is 0. The Morgan fingerprint density at radius 1 is 1.38 bits per heavy atom. The number of benzene rings is 1. The molecule has 0 saturated heterocycles. The summed E-state index contributed by atoms with van der Waals surface area (Å²) in [6.07, 6.45) is 1.84. The first-order valence-corrected chi connectivity index (χ1v) is 5.64. The average molecular weight is 286 g/mol. The Kier molecular flexibility index (Phi) is 5.35. The maximum Gasteiger partial charge on any atom is 0.127 e. The van der Waals surface area contributed by atoms with Crippen molar-refractivity contribution < 1.29 is 9.47 Å². The van der Waals surface area contributed by atoms with E-state index in [1.54, 1.807) is 14.2 Å². The molecule has 88 valence electrons. The Labute approximate surface area is 105 Å². The van der Waals surface area contributed by atoms with Gasteiger partial charge < -0.3 is 9.47 Å². The number of hydrogen-bond acceptors (Lipinski definition) is 3. The van der Waals surface area contributed by atoms with Crippen molar-refractivity contribution >= 4 is 16.1 Å². The van der Waals surface area contributed by atoms with E-state index in [0.717, 1.165) is 30.2 Å². The standard InChI is InChI=1S/C12H16BrNO2/c1-4-7-14(13)9-10-5-6-11(15-2)8-12(10)16-3/h4-6,8H,1,7,9H2,2-3H3. The molecular formula is C12H16BrNO2. The molecule has 0 unspecified atom stereocenters. The molecule has 1 rings (SSSR count). The van der Waals surface area contributed by atoms with Crippen LogP contribution in [0.5, 0.6) is 11.5 Å². The van der Waals surface area contributed by atoms with Gasteiger partial charge in [0.1, 0.15) is 11.5 Å². The first-order valence-electron chi connectivity index (χ1n) is 4.93.